The van der Waals surface area contributed by atoms with Gasteiger partial charge in [-0.3, -0.25) is 4.79 Å². The van der Waals surface area contributed by atoms with Crippen molar-refractivity contribution in [1.82, 2.24) is 0 Å². The molecule has 0 heterocycles. The van der Waals surface area contributed by atoms with Crippen molar-refractivity contribution in [2.45, 2.75) is 13.0 Å². The van der Waals surface area contributed by atoms with Crippen LogP contribution in [0.2, 0.25) is 10.0 Å². The summed E-state index contributed by atoms with van der Waals surface area (Å²) in [5.74, 6) is -0.948. The summed E-state index contributed by atoms with van der Waals surface area (Å²) in [7, 11) is 1.18. The fourth-order valence-electron chi connectivity index (χ4n) is 1.09. The first-order valence-corrected chi connectivity index (χ1v) is 5.41. The zero-order valence-electron chi connectivity index (χ0n) is 9.20. The van der Waals surface area contributed by atoms with Gasteiger partial charge in [0.05, 0.1) is 17.2 Å². The van der Waals surface area contributed by atoms with Crippen molar-refractivity contribution in [2.24, 2.45) is 0 Å². The molecule has 0 bridgehead atoms. The molecule has 92 valence electrons. The summed E-state index contributed by atoms with van der Waals surface area (Å²) in [6.45, 7) is 1.24. The Morgan fingerprint density at radius 3 is 2.35 bits per heavy atom. The summed E-state index contributed by atoms with van der Waals surface area (Å²) in [6.07, 6.45) is -1.29. The number of benzene rings is 1. The summed E-state index contributed by atoms with van der Waals surface area (Å²) in [4.78, 5) is 22.5. The van der Waals surface area contributed by atoms with Gasteiger partial charge in [-0.15, -0.1) is 0 Å². The fraction of sp³-hybridized carbons (Fsp3) is 0.273. The molecule has 4 nitrogen and oxygen atoms in total. The Bertz CT molecular complexity index is 445. The molecule has 0 fully saturated rings. The predicted molar refractivity (Wildman–Crippen MR) is 63.6 cm³/mol. The summed E-state index contributed by atoms with van der Waals surface area (Å²) in [5.41, 5.74) is 0. The first kappa shape index (κ1) is 13.8. The number of rotatable bonds is 4. The Labute approximate surface area is 108 Å². The number of carbonyl (C=O) groups excluding carboxylic acids is 2. The van der Waals surface area contributed by atoms with Gasteiger partial charge >= 0.3 is 5.97 Å². The van der Waals surface area contributed by atoms with Gasteiger partial charge in [0.15, 0.2) is 5.78 Å². The van der Waals surface area contributed by atoms with Crippen molar-refractivity contribution in [3.05, 3.63) is 28.2 Å². The molecule has 6 heteroatoms. The van der Waals surface area contributed by atoms with E-state index in [0.29, 0.717) is 5.02 Å². The molecule has 0 saturated heterocycles. The average molecular weight is 277 g/mol. The van der Waals surface area contributed by atoms with E-state index in [2.05, 4.69) is 4.74 Å². The summed E-state index contributed by atoms with van der Waals surface area (Å²) < 4.78 is 9.65. The van der Waals surface area contributed by atoms with Gasteiger partial charge in [-0.05, 0) is 19.1 Å². The molecule has 1 rings (SSSR count). The predicted octanol–water partition coefficient (Wildman–Crippen LogP) is 2.50. The number of halogens is 2. The molecule has 0 aliphatic heterocycles. The van der Waals surface area contributed by atoms with E-state index in [1.54, 1.807) is 0 Å². The van der Waals surface area contributed by atoms with Crippen LogP contribution in [0.4, 0.5) is 0 Å². The van der Waals surface area contributed by atoms with Gasteiger partial charge in [0.25, 0.3) is 6.10 Å². The first-order chi connectivity index (χ1) is 7.95. The van der Waals surface area contributed by atoms with Gasteiger partial charge < -0.3 is 9.47 Å². The van der Waals surface area contributed by atoms with E-state index in [-0.39, 0.29) is 10.8 Å². The largest absolute Gasteiger partial charge is 0.471 e. The lowest BCUT2D eigenvalue weighted by molar-refractivity contribution is -0.152. The van der Waals surface area contributed by atoms with Crippen LogP contribution in [0.5, 0.6) is 5.75 Å². The zero-order valence-corrected chi connectivity index (χ0v) is 10.7. The Kier molecular flexibility index (Phi) is 4.78. The van der Waals surface area contributed by atoms with E-state index in [1.807, 2.05) is 0 Å². The van der Waals surface area contributed by atoms with Gasteiger partial charge in [0, 0.05) is 6.07 Å². The highest BCUT2D eigenvalue weighted by molar-refractivity contribution is 6.42. The number of Topliss-reactive ketones (excluding diaryl/α,β-unsaturated/α-hetero) is 1. The van der Waals surface area contributed by atoms with E-state index in [1.165, 1.54) is 32.2 Å². The van der Waals surface area contributed by atoms with Gasteiger partial charge in [0.2, 0.25) is 0 Å². The molecule has 0 saturated carbocycles. The van der Waals surface area contributed by atoms with Crippen molar-refractivity contribution in [3.8, 4) is 5.75 Å². The Hall–Kier alpha value is -1.26. The van der Waals surface area contributed by atoms with Crippen molar-refractivity contribution in [1.29, 1.82) is 0 Å². The number of esters is 1. The van der Waals surface area contributed by atoms with Crippen LogP contribution in [-0.2, 0) is 14.3 Å². The zero-order chi connectivity index (χ0) is 13.0. The molecule has 0 aromatic heterocycles. The monoisotopic (exact) mass is 276 g/mol. The van der Waals surface area contributed by atoms with Crippen LogP contribution in [0, 0.1) is 0 Å². The molecule has 0 radical (unpaired) electrons. The number of ether oxygens (including phenoxy) is 2. The topological polar surface area (TPSA) is 52.6 Å². The molecule has 0 aliphatic carbocycles. The minimum absolute atomic E-state index is 0.269. The second kappa shape index (κ2) is 5.89. The van der Waals surface area contributed by atoms with Crippen LogP contribution in [0.15, 0.2) is 18.2 Å². The first-order valence-electron chi connectivity index (χ1n) is 4.65. The third-order valence-corrected chi connectivity index (χ3v) is 2.67. The Morgan fingerprint density at radius 2 is 1.88 bits per heavy atom. The number of hydrogen-bond donors (Lipinski definition) is 0. The molecule has 1 atom stereocenters. The van der Waals surface area contributed by atoms with Crippen LogP contribution in [-0.4, -0.2) is 25.0 Å². The van der Waals surface area contributed by atoms with E-state index in [0.717, 1.165) is 0 Å². The van der Waals surface area contributed by atoms with Gasteiger partial charge in [-0.25, -0.2) is 4.79 Å². The Morgan fingerprint density at radius 1 is 1.24 bits per heavy atom. The van der Waals surface area contributed by atoms with E-state index in [9.17, 15) is 9.59 Å². The minimum atomic E-state index is -1.29. The lowest BCUT2D eigenvalue weighted by Gasteiger charge is -2.14. The van der Waals surface area contributed by atoms with Crippen LogP contribution >= 0.6 is 23.2 Å². The molecule has 0 aliphatic rings. The van der Waals surface area contributed by atoms with Crippen molar-refractivity contribution < 1.29 is 19.1 Å². The quantitative estimate of drug-likeness (QED) is 0.626. The van der Waals surface area contributed by atoms with Gasteiger partial charge in [0.1, 0.15) is 5.75 Å². The second-order valence-electron chi connectivity index (χ2n) is 3.21. The van der Waals surface area contributed by atoms with E-state index in [4.69, 9.17) is 27.9 Å². The highest BCUT2D eigenvalue weighted by atomic mass is 35.5. The molecular weight excluding hydrogens is 267 g/mol. The number of carbonyl (C=O) groups is 2. The highest BCUT2D eigenvalue weighted by Crippen LogP contribution is 2.27. The summed E-state index contributed by atoms with van der Waals surface area (Å²) in [5, 5.41) is 0.632. The Balaban J connectivity index is 2.90. The minimum Gasteiger partial charge on any atom is -0.471 e. The SMILES string of the molecule is COC(=O)C(Oc1ccc(Cl)c(Cl)c1)C(C)=O. The molecule has 1 aromatic rings. The van der Waals surface area contributed by atoms with Gasteiger partial charge in [-0.2, -0.15) is 0 Å². The van der Waals surface area contributed by atoms with Gasteiger partial charge in [-0.1, -0.05) is 23.2 Å². The molecule has 17 heavy (non-hydrogen) atoms. The number of ketones is 1. The molecule has 1 unspecified atom stereocenters. The third-order valence-electron chi connectivity index (χ3n) is 1.93. The van der Waals surface area contributed by atoms with E-state index >= 15 is 0 Å². The fourth-order valence-corrected chi connectivity index (χ4v) is 1.38. The van der Waals surface area contributed by atoms with Crippen molar-refractivity contribution in [3.63, 3.8) is 0 Å². The third kappa shape index (κ3) is 3.61. The second-order valence-corrected chi connectivity index (χ2v) is 4.02. The molecule has 1 aromatic carbocycles. The van der Waals surface area contributed by atoms with E-state index < -0.39 is 17.9 Å². The number of hydrogen-bond acceptors (Lipinski definition) is 4. The van der Waals surface area contributed by atoms with Crippen LogP contribution in [0.1, 0.15) is 6.92 Å². The van der Waals surface area contributed by atoms with Crippen molar-refractivity contribution >= 4 is 35.0 Å². The van der Waals surface area contributed by atoms with Crippen molar-refractivity contribution in [2.75, 3.05) is 7.11 Å². The van der Waals surface area contributed by atoms with Crippen LogP contribution in [0.3, 0.4) is 0 Å². The number of methoxy groups -OCH3 is 1. The normalized spacial score (nSPS) is 11.8. The summed E-state index contributed by atoms with van der Waals surface area (Å²) in [6, 6.07) is 4.43. The maximum atomic E-state index is 11.3. The molecule has 0 N–H and O–H groups in total. The molecule has 0 spiro atoms. The smallest absolute Gasteiger partial charge is 0.354 e. The summed E-state index contributed by atoms with van der Waals surface area (Å²) >= 11 is 11.5. The lowest BCUT2D eigenvalue weighted by atomic mass is 10.2. The standard InChI is InChI=1S/C11H10Cl2O4/c1-6(14)10(11(15)16-2)17-7-3-4-8(12)9(13)5-7/h3-5,10H,1-2H3. The molecular formula is C11H10Cl2O4. The maximum Gasteiger partial charge on any atom is 0.354 e. The maximum absolute atomic E-state index is 11.3. The molecule has 0 amide bonds. The average Bonchev–Trinajstić information content (AvgIpc) is 2.29. The van der Waals surface area contributed by atoms with Crippen LogP contribution in [0.25, 0.3) is 0 Å². The highest BCUT2D eigenvalue weighted by Gasteiger charge is 2.26. The lowest BCUT2D eigenvalue weighted by Crippen LogP contribution is -2.35. The van der Waals surface area contributed by atoms with Crippen LogP contribution < -0.4 is 4.74 Å².